The third-order valence-corrected chi connectivity index (χ3v) is 13.0. The Labute approximate surface area is 355 Å². The first-order valence-electron chi connectivity index (χ1n) is 24.6. The molecule has 58 heavy (non-hydrogen) atoms. The number of carbonyl (C=O) groups is 3. The molecule has 3 saturated carbocycles. The van der Waals surface area contributed by atoms with E-state index >= 15 is 0 Å². The van der Waals surface area contributed by atoms with Gasteiger partial charge in [-0.3, -0.25) is 0 Å². The van der Waals surface area contributed by atoms with Gasteiger partial charge in [0.05, 0.1) is 6.61 Å². The Morgan fingerprint density at radius 3 is 1.34 bits per heavy atom. The lowest BCUT2D eigenvalue weighted by Gasteiger charge is -2.34. The molecule has 7 nitrogen and oxygen atoms in total. The number of aliphatic carboxylic acids is 2. The lowest BCUT2D eigenvalue weighted by Crippen LogP contribution is -2.25. The zero-order chi connectivity index (χ0) is 42.1. The molecule has 3 aliphatic carbocycles. The molecular formula is C51H88O7. The second-order valence-electron chi connectivity index (χ2n) is 17.9. The SMILES string of the molecule is C=C(CC=C(C)C(=O)O)C(=O)OCCOCCCCCCCC.O=C(O)C(=C(C1CCCCCCCCC1)C1CCCCCCCCC1)C1CCCCCCCCC1. The summed E-state index contributed by atoms with van der Waals surface area (Å²) in [4.78, 5) is 35.4. The normalized spacial score (nSPS) is 19.4. The smallest absolute Gasteiger partial charge is 0.333 e. The predicted molar refractivity (Wildman–Crippen MR) is 240 cm³/mol. The van der Waals surface area contributed by atoms with Gasteiger partial charge in [-0.2, -0.15) is 0 Å². The maximum Gasteiger partial charge on any atom is 0.333 e. The van der Waals surface area contributed by atoms with E-state index in [1.165, 1.54) is 211 Å². The fourth-order valence-electron chi connectivity index (χ4n) is 9.48. The Bertz CT molecular complexity index is 1130. The van der Waals surface area contributed by atoms with Crippen molar-refractivity contribution in [2.45, 2.75) is 232 Å². The largest absolute Gasteiger partial charge is 0.478 e. The van der Waals surface area contributed by atoms with Gasteiger partial charge in [0.2, 0.25) is 0 Å². The van der Waals surface area contributed by atoms with E-state index in [2.05, 4.69) is 13.5 Å². The van der Waals surface area contributed by atoms with Crippen molar-refractivity contribution < 1.29 is 34.1 Å². The van der Waals surface area contributed by atoms with E-state index < -0.39 is 17.9 Å². The van der Waals surface area contributed by atoms with Crippen molar-refractivity contribution >= 4 is 17.9 Å². The maximum absolute atomic E-state index is 13.2. The highest BCUT2D eigenvalue weighted by Crippen LogP contribution is 2.42. The molecule has 7 heteroatoms. The highest BCUT2D eigenvalue weighted by atomic mass is 16.6. The van der Waals surface area contributed by atoms with Crippen LogP contribution in [0.25, 0.3) is 0 Å². The number of hydrogen-bond acceptors (Lipinski definition) is 5. The molecule has 0 saturated heterocycles. The van der Waals surface area contributed by atoms with E-state index in [0.29, 0.717) is 31.0 Å². The zero-order valence-electron chi connectivity index (χ0n) is 37.6. The summed E-state index contributed by atoms with van der Waals surface area (Å²) in [5.41, 5.74) is 2.85. The molecule has 0 spiro atoms. The first-order chi connectivity index (χ1) is 28.3. The average Bonchev–Trinajstić information content (AvgIpc) is 3.22. The Morgan fingerprint density at radius 1 is 0.534 bits per heavy atom. The van der Waals surface area contributed by atoms with Crippen molar-refractivity contribution in [2.75, 3.05) is 19.8 Å². The van der Waals surface area contributed by atoms with E-state index in [1.807, 2.05) is 0 Å². The lowest BCUT2D eigenvalue weighted by molar-refractivity contribution is -0.140. The molecule has 3 fully saturated rings. The summed E-state index contributed by atoms with van der Waals surface area (Å²) in [6.45, 7) is 8.51. The molecule has 0 amide bonds. The Kier molecular flexibility index (Phi) is 30.6. The van der Waals surface area contributed by atoms with Gasteiger partial charge < -0.3 is 19.7 Å². The number of allylic oxidation sites excluding steroid dienone is 2. The van der Waals surface area contributed by atoms with Crippen LogP contribution in [0.4, 0.5) is 0 Å². The molecule has 0 aromatic carbocycles. The molecule has 0 unspecified atom stereocenters. The first kappa shape index (κ1) is 51.7. The topological polar surface area (TPSA) is 110 Å². The van der Waals surface area contributed by atoms with E-state index in [0.717, 1.165) is 24.8 Å². The van der Waals surface area contributed by atoms with E-state index in [9.17, 15) is 19.5 Å². The van der Waals surface area contributed by atoms with E-state index in [4.69, 9.17) is 14.6 Å². The van der Waals surface area contributed by atoms with Crippen molar-refractivity contribution in [1.82, 2.24) is 0 Å². The average molecular weight is 813 g/mol. The number of ether oxygens (including phenoxy) is 2. The van der Waals surface area contributed by atoms with Gasteiger partial charge in [-0.15, -0.1) is 0 Å². The number of rotatable bonds is 18. The van der Waals surface area contributed by atoms with Crippen molar-refractivity contribution in [1.29, 1.82) is 0 Å². The quantitative estimate of drug-likeness (QED) is 0.0805. The van der Waals surface area contributed by atoms with Gasteiger partial charge in [0, 0.05) is 23.3 Å². The summed E-state index contributed by atoms with van der Waals surface area (Å²) in [6, 6.07) is 0. The Morgan fingerprint density at radius 2 is 0.931 bits per heavy atom. The minimum atomic E-state index is -1.01. The van der Waals surface area contributed by atoms with Crippen LogP contribution < -0.4 is 0 Å². The number of carboxylic acids is 2. The predicted octanol–water partition coefficient (Wildman–Crippen LogP) is 14.7. The molecule has 0 aromatic rings. The molecular weight excluding hydrogens is 725 g/mol. The van der Waals surface area contributed by atoms with Crippen LogP contribution >= 0.6 is 0 Å². The van der Waals surface area contributed by atoms with Crippen LogP contribution in [0.15, 0.2) is 34.9 Å². The molecule has 0 aliphatic heterocycles. The Hall–Kier alpha value is -2.41. The fourth-order valence-corrected chi connectivity index (χ4v) is 9.48. The third-order valence-electron chi connectivity index (χ3n) is 13.0. The number of carboxylic acid groups (broad SMARTS) is 2. The van der Waals surface area contributed by atoms with Crippen LogP contribution in [-0.4, -0.2) is 47.9 Å². The van der Waals surface area contributed by atoms with E-state index in [1.54, 1.807) is 0 Å². The summed E-state index contributed by atoms with van der Waals surface area (Å²) in [5, 5.41) is 19.5. The summed E-state index contributed by atoms with van der Waals surface area (Å²) in [5.74, 6) is -0.704. The van der Waals surface area contributed by atoms with Gasteiger partial charge in [-0.05, 0) is 76.0 Å². The number of hydrogen-bond donors (Lipinski definition) is 2. The molecule has 0 heterocycles. The third kappa shape index (κ3) is 24.0. The zero-order valence-corrected chi connectivity index (χ0v) is 37.6. The van der Waals surface area contributed by atoms with Gasteiger partial charge in [-0.25, -0.2) is 14.4 Å². The fraction of sp³-hybridized carbons (Fsp3) is 0.824. The molecule has 3 aliphatic rings. The summed E-state index contributed by atoms with van der Waals surface area (Å²) in [6.07, 6.45) is 44.1. The van der Waals surface area contributed by atoms with Crippen molar-refractivity contribution in [3.8, 4) is 0 Å². The van der Waals surface area contributed by atoms with Crippen LogP contribution in [0.1, 0.15) is 232 Å². The van der Waals surface area contributed by atoms with Crippen LogP contribution in [0.3, 0.4) is 0 Å². The van der Waals surface area contributed by atoms with Gasteiger partial charge in [0.15, 0.2) is 0 Å². The molecule has 0 atom stereocenters. The van der Waals surface area contributed by atoms with Crippen LogP contribution in [0, 0.1) is 17.8 Å². The van der Waals surface area contributed by atoms with Crippen LogP contribution in [0.5, 0.6) is 0 Å². The van der Waals surface area contributed by atoms with Crippen LogP contribution in [-0.2, 0) is 23.9 Å². The molecule has 3 rings (SSSR count). The molecule has 334 valence electrons. The molecule has 2 N–H and O–H groups in total. The minimum absolute atomic E-state index is 0.176. The van der Waals surface area contributed by atoms with Gasteiger partial charge in [0.1, 0.15) is 6.61 Å². The Balaban J connectivity index is 0.000000440. The highest BCUT2D eigenvalue weighted by molar-refractivity contribution is 5.89. The molecule has 0 radical (unpaired) electrons. The van der Waals surface area contributed by atoms with Gasteiger partial charge >= 0.3 is 17.9 Å². The van der Waals surface area contributed by atoms with Gasteiger partial charge in [-0.1, -0.05) is 192 Å². The number of carbonyl (C=O) groups excluding carboxylic acids is 1. The summed E-state index contributed by atoms with van der Waals surface area (Å²) in [7, 11) is 0. The monoisotopic (exact) mass is 813 g/mol. The lowest BCUT2D eigenvalue weighted by atomic mass is 9.71. The minimum Gasteiger partial charge on any atom is -0.478 e. The second kappa shape index (κ2) is 34.3. The standard InChI is InChI=1S/C33H58O2.C18H30O5/c34-33(35)32(30-26-20-14-8-3-9-15-21-27-30)31(28-22-16-10-4-1-5-11-17-23-28)29-24-18-12-6-2-7-13-19-25-29;1-4-5-6-7-8-9-12-22-13-14-23-18(21)16(3)11-10-15(2)17(19)20/h28-30H,1-27H2,(H,34,35);10H,3-9,11-14H2,1-2H3,(H,19,20). The maximum atomic E-state index is 13.2. The van der Waals surface area contributed by atoms with Crippen molar-refractivity contribution in [2.24, 2.45) is 17.8 Å². The van der Waals surface area contributed by atoms with Crippen molar-refractivity contribution in [3.63, 3.8) is 0 Å². The molecule has 0 aromatic heterocycles. The van der Waals surface area contributed by atoms with Crippen molar-refractivity contribution in [3.05, 3.63) is 34.9 Å². The van der Waals surface area contributed by atoms with Gasteiger partial charge in [0.25, 0.3) is 0 Å². The summed E-state index contributed by atoms with van der Waals surface area (Å²) >= 11 is 0. The number of esters is 1. The number of unbranched alkanes of at least 4 members (excludes halogenated alkanes) is 5. The first-order valence-corrected chi connectivity index (χ1v) is 24.6. The molecule has 0 bridgehead atoms. The second-order valence-corrected chi connectivity index (χ2v) is 17.9. The highest BCUT2D eigenvalue weighted by Gasteiger charge is 2.32. The van der Waals surface area contributed by atoms with Crippen LogP contribution in [0.2, 0.25) is 0 Å². The van der Waals surface area contributed by atoms with E-state index in [-0.39, 0.29) is 24.2 Å². The summed E-state index contributed by atoms with van der Waals surface area (Å²) < 4.78 is 10.4.